The van der Waals surface area contributed by atoms with Crippen molar-refractivity contribution in [1.82, 2.24) is 57.2 Å². The fourth-order valence-corrected chi connectivity index (χ4v) is 13.0. The number of esters is 1. The molecule has 4 aliphatic rings. The first-order chi connectivity index (χ1) is 55.4. The Kier molecular flexibility index (Phi) is 37.7. The van der Waals surface area contributed by atoms with Crippen LogP contribution < -0.4 is 63.1 Å². The van der Waals surface area contributed by atoms with Crippen LogP contribution >= 0.6 is 11.6 Å². The Hall–Kier alpha value is -10.3. The SMILES string of the molecule is COc1ccc(C[C@H]2NC(=O)/C=C/C[C@@H]([C@H](C)[C@H]3O[C@@H]3c3ccc(CN4CCN(C(=O)OCc5ccc(NC(=O)[C@H](CCCNC(N)=O)NC(=O)[C@@H](NC(C)=O)C(C)C)cc5OCC(=O)NCCCOCCOCCOCCCNC(=O)CCN5C(=O)C=CC5=O)CC4)cc3)OC(=O)[C@H](CC(C)C)NC(=O)C(C)(C)CNC2=O)cc1Cl. The molecule has 0 bridgehead atoms. The lowest BCUT2D eigenvalue weighted by Gasteiger charge is -2.34. The van der Waals surface area contributed by atoms with Crippen LogP contribution in [-0.4, -0.2) is 241 Å². The number of amides is 13. The predicted octanol–water partition coefficient (Wildman–Crippen LogP) is 3.94. The van der Waals surface area contributed by atoms with E-state index in [9.17, 15) is 62.3 Å². The fraction of sp³-hybridized carbons (Fsp3) is 0.568. The van der Waals surface area contributed by atoms with Crippen LogP contribution in [0.4, 0.5) is 15.3 Å². The Balaban J connectivity index is 0.903. The quantitative estimate of drug-likeness (QED) is 0.0166. The number of epoxide rings is 1. The van der Waals surface area contributed by atoms with Crippen molar-refractivity contribution < 1.29 is 100 Å². The van der Waals surface area contributed by atoms with Gasteiger partial charge in [-0.25, -0.2) is 14.4 Å². The Morgan fingerprint density at radius 1 is 0.716 bits per heavy atom. The number of hydrogen-bond acceptors (Lipinski definition) is 22. The summed E-state index contributed by atoms with van der Waals surface area (Å²) in [6.07, 6.45) is 4.90. The van der Waals surface area contributed by atoms with Gasteiger partial charge in [-0.2, -0.15) is 0 Å². The molecule has 2 saturated heterocycles. The van der Waals surface area contributed by atoms with Gasteiger partial charge in [0.2, 0.25) is 41.4 Å². The lowest BCUT2D eigenvalue weighted by Crippen LogP contribution is -2.54. The Bertz CT molecular complexity index is 3910. The lowest BCUT2D eigenvalue weighted by atomic mass is 9.90. The van der Waals surface area contributed by atoms with Gasteiger partial charge < -0.3 is 96.4 Å². The van der Waals surface area contributed by atoms with Crippen molar-refractivity contribution in [3.8, 4) is 11.5 Å². The van der Waals surface area contributed by atoms with Crippen LogP contribution in [0.25, 0.3) is 0 Å². The summed E-state index contributed by atoms with van der Waals surface area (Å²) in [5.74, 6) is -5.74. The van der Waals surface area contributed by atoms with Crippen LogP contribution in [0.3, 0.4) is 0 Å². The van der Waals surface area contributed by atoms with Gasteiger partial charge in [-0.05, 0) is 105 Å². The molecule has 0 spiro atoms. The molecular weight excluding hydrogens is 1530 g/mol. The van der Waals surface area contributed by atoms with Crippen LogP contribution in [0.5, 0.6) is 11.5 Å². The number of piperazine rings is 1. The summed E-state index contributed by atoms with van der Waals surface area (Å²) < 4.78 is 46.6. The smallest absolute Gasteiger partial charge is 0.410 e. The molecule has 0 radical (unpaired) electrons. The topological polar surface area (TPSA) is 443 Å². The second-order valence-electron chi connectivity index (χ2n) is 30.2. The number of nitrogens with two attached hydrogens (primary N) is 1. The molecule has 116 heavy (non-hydrogen) atoms. The highest BCUT2D eigenvalue weighted by Crippen LogP contribution is 2.45. The number of primary amides is 1. The van der Waals surface area contributed by atoms with Crippen molar-refractivity contribution in [1.29, 1.82) is 0 Å². The molecule has 3 aromatic rings. The van der Waals surface area contributed by atoms with E-state index >= 15 is 0 Å². The second kappa shape index (κ2) is 47.1. The first-order valence-corrected chi connectivity index (χ1v) is 39.7. The van der Waals surface area contributed by atoms with Crippen LogP contribution in [0.1, 0.15) is 129 Å². The normalized spacial score (nSPS) is 19.6. The first kappa shape index (κ1) is 92.9. The van der Waals surface area contributed by atoms with E-state index in [4.69, 9.17) is 55.2 Å². The summed E-state index contributed by atoms with van der Waals surface area (Å²) >= 11 is 6.43. The molecule has 35 heteroatoms. The number of nitrogens with one attached hydrogen (secondary N) is 9. The number of imide groups is 1. The maximum atomic E-state index is 14.2. The van der Waals surface area contributed by atoms with Gasteiger partial charge in [-0.15, -0.1) is 0 Å². The van der Waals surface area contributed by atoms with E-state index in [1.807, 2.05) is 45.0 Å². The summed E-state index contributed by atoms with van der Waals surface area (Å²) in [7, 11) is 1.49. The van der Waals surface area contributed by atoms with Crippen molar-refractivity contribution in [3.05, 3.63) is 112 Å². The van der Waals surface area contributed by atoms with Gasteiger partial charge in [0, 0.05) is 140 Å². The van der Waals surface area contributed by atoms with E-state index in [0.29, 0.717) is 114 Å². The number of halogens is 1. The molecule has 34 nitrogen and oxygen atoms in total. The zero-order valence-electron chi connectivity index (χ0n) is 67.6. The molecule has 3 aromatic carbocycles. The Morgan fingerprint density at radius 2 is 1.36 bits per heavy atom. The van der Waals surface area contributed by atoms with Gasteiger partial charge in [0.1, 0.15) is 54.5 Å². The average Bonchev–Trinajstić information content (AvgIpc) is 1.63. The molecule has 0 saturated carbocycles. The maximum Gasteiger partial charge on any atom is 0.410 e. The van der Waals surface area contributed by atoms with E-state index in [1.54, 1.807) is 69.0 Å². The van der Waals surface area contributed by atoms with Gasteiger partial charge in [0.15, 0.2) is 6.61 Å². The molecule has 13 amide bonds. The molecule has 8 atom stereocenters. The third kappa shape index (κ3) is 31.4. The first-order valence-electron chi connectivity index (χ1n) is 39.3. The zero-order chi connectivity index (χ0) is 84.4. The maximum absolute atomic E-state index is 14.2. The number of benzene rings is 3. The summed E-state index contributed by atoms with van der Waals surface area (Å²) in [4.78, 5) is 174. The summed E-state index contributed by atoms with van der Waals surface area (Å²) in [5, 5.41) is 25.0. The van der Waals surface area contributed by atoms with Crippen molar-refractivity contribution in [3.63, 3.8) is 0 Å². The third-order valence-corrected chi connectivity index (χ3v) is 19.8. The average molecular weight is 1640 g/mol. The minimum absolute atomic E-state index is 0.00812. The number of carbonyl (C=O) groups excluding carboxylic acids is 13. The summed E-state index contributed by atoms with van der Waals surface area (Å²) in [5.41, 5.74) is 7.19. The number of hydrogen-bond donors (Lipinski definition) is 10. The van der Waals surface area contributed by atoms with E-state index in [0.717, 1.165) is 16.0 Å². The molecule has 11 N–H and O–H groups in total. The highest BCUT2D eigenvalue weighted by molar-refractivity contribution is 6.32. The largest absolute Gasteiger partial charge is 0.495 e. The predicted molar refractivity (Wildman–Crippen MR) is 426 cm³/mol. The van der Waals surface area contributed by atoms with E-state index < -0.39 is 114 Å². The zero-order valence-corrected chi connectivity index (χ0v) is 68.4. The highest BCUT2D eigenvalue weighted by atomic mass is 35.5. The van der Waals surface area contributed by atoms with Crippen molar-refractivity contribution in [2.24, 2.45) is 28.9 Å². The van der Waals surface area contributed by atoms with Gasteiger partial charge in [0.25, 0.3) is 17.7 Å². The minimum atomic E-state index is -1.18. The standard InChI is InChI=1S/C81H114ClN13O21/c1-50(2)42-62-77(105)115-63(15-10-16-67(98)90-61(44-55-19-24-64(109-9)59(82)43-55)74(102)87-49-81(7,8)78(106)92-62)52(5)72-73(116-72)56-20-17-54(18-21-56)46-93-32-34-94(35-33-93)80(108)114-47-57-22-23-58(89-75(103)60(14-11-28-86-79(83)107)91-76(104)71(51(3)4)88-53(6)96)45-65(57)113-48-68(99)85-30-13-37-111-39-41-112-40-38-110-36-12-29-84-66(97)27-31-95-69(100)25-26-70(95)101/h10,16-26,43,45,50-52,60-63,71-73H,11-15,27-42,44,46-49H2,1-9H3,(H,84,97)(H,85,99)(H,87,102)(H,88,96)(H,89,103)(H,90,98)(H,91,104)(H,92,106)(H3,83,86,107)/b16-10+/t52-,60-,61+,62-,63-,71-,72+,73+/m0/s1. The van der Waals surface area contributed by atoms with E-state index in [-0.39, 0.29) is 119 Å². The molecule has 4 heterocycles. The molecule has 0 aliphatic carbocycles. The number of cyclic esters (lactones) is 1. The number of anilines is 1. The highest BCUT2D eigenvalue weighted by Gasteiger charge is 2.48. The number of urea groups is 1. The Labute approximate surface area is 681 Å². The van der Waals surface area contributed by atoms with E-state index in [2.05, 4.69) is 52.8 Å². The number of carbonyl (C=O) groups is 13. The third-order valence-electron chi connectivity index (χ3n) is 19.5. The number of methoxy groups -OCH3 is 1. The van der Waals surface area contributed by atoms with Gasteiger partial charge in [-0.3, -0.25) is 57.7 Å². The molecule has 0 unspecified atom stereocenters. The molecule has 636 valence electrons. The van der Waals surface area contributed by atoms with Gasteiger partial charge in [-0.1, -0.05) is 82.6 Å². The van der Waals surface area contributed by atoms with Crippen molar-refractivity contribution in [2.45, 2.75) is 162 Å². The molecule has 0 aromatic heterocycles. The van der Waals surface area contributed by atoms with Gasteiger partial charge >= 0.3 is 18.1 Å². The van der Waals surface area contributed by atoms with E-state index in [1.165, 1.54) is 38.3 Å². The molecule has 2 fully saturated rings. The van der Waals surface area contributed by atoms with Crippen molar-refractivity contribution >= 4 is 94.5 Å². The van der Waals surface area contributed by atoms with Crippen LogP contribution in [0.2, 0.25) is 5.02 Å². The van der Waals surface area contributed by atoms with Crippen LogP contribution in [0.15, 0.2) is 85.0 Å². The molecular formula is C81H114ClN13O21. The molecule has 7 rings (SSSR count). The number of rotatable bonds is 42. The minimum Gasteiger partial charge on any atom is -0.495 e. The van der Waals surface area contributed by atoms with Crippen molar-refractivity contribution in [2.75, 3.05) is 118 Å². The fourth-order valence-electron chi connectivity index (χ4n) is 12.8. The van der Waals surface area contributed by atoms with Gasteiger partial charge in [0.05, 0.1) is 50.1 Å². The van der Waals surface area contributed by atoms with Crippen LogP contribution in [0, 0.1) is 23.2 Å². The number of ether oxygens (including phenoxy) is 8. The summed E-state index contributed by atoms with van der Waals surface area (Å²) in [6.45, 7) is 17.9. The van der Waals surface area contributed by atoms with Crippen LogP contribution in [-0.2, 0) is 101 Å². The monoisotopic (exact) mass is 1640 g/mol. The Morgan fingerprint density at radius 3 is 1.99 bits per heavy atom. The summed E-state index contributed by atoms with van der Waals surface area (Å²) in [6, 6.07) is 12.7. The second-order valence-corrected chi connectivity index (χ2v) is 30.6. The molecule has 4 aliphatic heterocycles. The number of nitrogens with zero attached hydrogens (tertiary/aromatic N) is 3. The lowest BCUT2D eigenvalue weighted by molar-refractivity contribution is -0.157.